The molecule has 2 N–H and O–H groups in total. The van der Waals surface area contributed by atoms with Crippen molar-refractivity contribution >= 4 is 17.3 Å². The SMILES string of the molecule is COc1cc(F)ccc1NC(C)C(=O)Nc1ccc2c(c1)OCCO2. The molecule has 1 aliphatic heterocycles. The van der Waals surface area contributed by atoms with Gasteiger partial charge in [-0.3, -0.25) is 4.79 Å². The third-order valence-electron chi connectivity index (χ3n) is 3.74. The van der Waals surface area contributed by atoms with Crippen molar-refractivity contribution in [3.05, 3.63) is 42.2 Å². The van der Waals surface area contributed by atoms with E-state index in [2.05, 4.69) is 10.6 Å². The highest BCUT2D eigenvalue weighted by Gasteiger charge is 2.17. The summed E-state index contributed by atoms with van der Waals surface area (Å²) in [5.74, 6) is 0.939. The van der Waals surface area contributed by atoms with Gasteiger partial charge >= 0.3 is 0 Å². The van der Waals surface area contributed by atoms with Crippen LogP contribution in [0.3, 0.4) is 0 Å². The summed E-state index contributed by atoms with van der Waals surface area (Å²) in [6.45, 7) is 2.70. The Morgan fingerprint density at radius 1 is 1.16 bits per heavy atom. The predicted molar refractivity (Wildman–Crippen MR) is 92.1 cm³/mol. The normalized spacial score (nSPS) is 13.7. The van der Waals surface area contributed by atoms with Gasteiger partial charge in [-0.2, -0.15) is 0 Å². The van der Waals surface area contributed by atoms with E-state index in [0.29, 0.717) is 41.8 Å². The first-order valence-electron chi connectivity index (χ1n) is 7.87. The molecule has 25 heavy (non-hydrogen) atoms. The first-order valence-corrected chi connectivity index (χ1v) is 7.87. The largest absolute Gasteiger partial charge is 0.494 e. The van der Waals surface area contributed by atoms with E-state index in [1.165, 1.54) is 25.3 Å². The van der Waals surface area contributed by atoms with Crippen molar-refractivity contribution in [2.45, 2.75) is 13.0 Å². The van der Waals surface area contributed by atoms with Gasteiger partial charge in [0, 0.05) is 17.8 Å². The number of hydrogen-bond acceptors (Lipinski definition) is 5. The van der Waals surface area contributed by atoms with Gasteiger partial charge in [-0.1, -0.05) is 0 Å². The summed E-state index contributed by atoms with van der Waals surface area (Å²) in [4.78, 5) is 12.4. The topological polar surface area (TPSA) is 68.8 Å². The molecule has 132 valence electrons. The fourth-order valence-corrected chi connectivity index (χ4v) is 2.45. The van der Waals surface area contributed by atoms with E-state index >= 15 is 0 Å². The maximum Gasteiger partial charge on any atom is 0.246 e. The van der Waals surface area contributed by atoms with Gasteiger partial charge in [0.15, 0.2) is 11.5 Å². The zero-order valence-electron chi connectivity index (χ0n) is 14.0. The smallest absolute Gasteiger partial charge is 0.246 e. The van der Waals surface area contributed by atoms with Crippen LogP contribution in [0.5, 0.6) is 17.2 Å². The van der Waals surface area contributed by atoms with Crippen LogP contribution in [0.2, 0.25) is 0 Å². The Morgan fingerprint density at radius 2 is 1.92 bits per heavy atom. The molecule has 1 unspecified atom stereocenters. The lowest BCUT2D eigenvalue weighted by molar-refractivity contribution is -0.116. The van der Waals surface area contributed by atoms with Gasteiger partial charge in [0.1, 0.15) is 30.8 Å². The number of halogens is 1. The van der Waals surface area contributed by atoms with Crippen LogP contribution < -0.4 is 24.8 Å². The third-order valence-corrected chi connectivity index (χ3v) is 3.74. The van der Waals surface area contributed by atoms with Gasteiger partial charge < -0.3 is 24.8 Å². The fourth-order valence-electron chi connectivity index (χ4n) is 2.45. The van der Waals surface area contributed by atoms with Gasteiger partial charge in [0.2, 0.25) is 5.91 Å². The Morgan fingerprint density at radius 3 is 2.68 bits per heavy atom. The Labute approximate surface area is 144 Å². The van der Waals surface area contributed by atoms with Crippen LogP contribution in [0.4, 0.5) is 15.8 Å². The standard InChI is InChI=1S/C18H19FN2O4/c1-11(20-14-5-3-12(19)9-16(14)23-2)18(22)21-13-4-6-15-17(10-13)25-8-7-24-15/h3-6,9-11,20H,7-8H2,1-2H3,(H,21,22). The van der Waals surface area contributed by atoms with Gasteiger partial charge in [0.25, 0.3) is 0 Å². The lowest BCUT2D eigenvalue weighted by Crippen LogP contribution is -2.32. The Kier molecular flexibility index (Phi) is 4.92. The molecule has 6 nitrogen and oxygen atoms in total. The van der Waals surface area contributed by atoms with E-state index in [4.69, 9.17) is 14.2 Å². The second kappa shape index (κ2) is 7.29. The summed E-state index contributed by atoms with van der Waals surface area (Å²) in [5, 5.41) is 5.82. The number of fused-ring (bicyclic) bond motifs is 1. The third kappa shape index (κ3) is 3.93. The minimum absolute atomic E-state index is 0.247. The molecule has 1 aliphatic rings. The van der Waals surface area contributed by atoms with Crippen LogP contribution >= 0.6 is 0 Å². The Hall–Kier alpha value is -2.96. The van der Waals surface area contributed by atoms with E-state index < -0.39 is 11.9 Å². The van der Waals surface area contributed by atoms with Gasteiger partial charge in [-0.25, -0.2) is 4.39 Å². The maximum atomic E-state index is 13.2. The number of hydrogen-bond donors (Lipinski definition) is 2. The highest BCUT2D eigenvalue weighted by molar-refractivity contribution is 5.96. The summed E-state index contributed by atoms with van der Waals surface area (Å²) in [6.07, 6.45) is 0. The molecule has 0 aliphatic carbocycles. The second-order valence-corrected chi connectivity index (χ2v) is 5.56. The maximum absolute atomic E-state index is 13.2. The van der Waals surface area contributed by atoms with Gasteiger partial charge in [0.05, 0.1) is 12.8 Å². The number of rotatable bonds is 5. The predicted octanol–water partition coefficient (Wildman–Crippen LogP) is 3.04. The lowest BCUT2D eigenvalue weighted by atomic mass is 10.2. The molecule has 0 spiro atoms. The van der Waals surface area contributed by atoms with E-state index in [1.807, 2.05) is 0 Å². The lowest BCUT2D eigenvalue weighted by Gasteiger charge is -2.20. The van der Waals surface area contributed by atoms with Crippen LogP contribution in [0.15, 0.2) is 36.4 Å². The van der Waals surface area contributed by atoms with Crippen LogP contribution in [0, 0.1) is 5.82 Å². The summed E-state index contributed by atoms with van der Waals surface area (Å²) in [5.41, 5.74) is 1.14. The Bertz CT molecular complexity index is 782. The van der Waals surface area contributed by atoms with E-state index in [1.54, 1.807) is 25.1 Å². The van der Waals surface area contributed by atoms with Crippen molar-refractivity contribution < 1.29 is 23.4 Å². The molecule has 2 aromatic carbocycles. The highest BCUT2D eigenvalue weighted by atomic mass is 19.1. The molecule has 3 rings (SSSR count). The number of nitrogens with one attached hydrogen (secondary N) is 2. The van der Waals surface area contributed by atoms with Crippen LogP contribution in [0.1, 0.15) is 6.92 Å². The molecule has 0 radical (unpaired) electrons. The van der Waals surface area contributed by atoms with Crippen molar-refractivity contribution in [3.63, 3.8) is 0 Å². The number of benzene rings is 2. The molecular weight excluding hydrogens is 327 g/mol. The summed E-state index contributed by atoms with van der Waals surface area (Å²) < 4.78 is 29.3. The Balaban J connectivity index is 1.67. The molecule has 1 atom stereocenters. The molecule has 0 bridgehead atoms. The van der Waals surface area contributed by atoms with E-state index in [9.17, 15) is 9.18 Å². The molecule has 0 aromatic heterocycles. The summed E-state index contributed by atoms with van der Waals surface area (Å²) >= 11 is 0. The summed E-state index contributed by atoms with van der Waals surface area (Å²) in [7, 11) is 1.44. The van der Waals surface area contributed by atoms with E-state index in [-0.39, 0.29) is 5.91 Å². The number of carbonyl (C=O) groups excluding carboxylic acids is 1. The quantitative estimate of drug-likeness (QED) is 0.871. The molecule has 0 fully saturated rings. The molecule has 0 saturated heterocycles. The van der Waals surface area contributed by atoms with Crippen molar-refractivity contribution in [2.24, 2.45) is 0 Å². The monoisotopic (exact) mass is 346 g/mol. The molecule has 7 heteroatoms. The first kappa shape index (κ1) is 16.9. The minimum atomic E-state index is -0.562. The van der Waals surface area contributed by atoms with Crippen molar-refractivity contribution in [1.82, 2.24) is 0 Å². The zero-order chi connectivity index (χ0) is 17.8. The highest BCUT2D eigenvalue weighted by Crippen LogP contribution is 2.32. The average Bonchev–Trinajstić information content (AvgIpc) is 2.62. The van der Waals surface area contributed by atoms with Crippen molar-refractivity contribution in [3.8, 4) is 17.2 Å². The number of anilines is 2. The first-order chi connectivity index (χ1) is 12.1. The van der Waals surface area contributed by atoms with Crippen LogP contribution in [-0.4, -0.2) is 32.3 Å². The molecule has 2 aromatic rings. The molecular formula is C18H19FN2O4. The molecule has 1 heterocycles. The van der Waals surface area contributed by atoms with Crippen LogP contribution in [-0.2, 0) is 4.79 Å². The minimum Gasteiger partial charge on any atom is -0.494 e. The van der Waals surface area contributed by atoms with Crippen molar-refractivity contribution in [2.75, 3.05) is 31.0 Å². The fraction of sp³-hybridized carbons (Fsp3) is 0.278. The van der Waals surface area contributed by atoms with Gasteiger partial charge in [-0.05, 0) is 31.2 Å². The number of carbonyl (C=O) groups is 1. The number of methoxy groups -OCH3 is 1. The van der Waals surface area contributed by atoms with Gasteiger partial charge in [-0.15, -0.1) is 0 Å². The van der Waals surface area contributed by atoms with Crippen molar-refractivity contribution in [1.29, 1.82) is 0 Å². The number of ether oxygens (including phenoxy) is 3. The van der Waals surface area contributed by atoms with E-state index in [0.717, 1.165) is 0 Å². The summed E-state index contributed by atoms with van der Waals surface area (Å²) in [6, 6.07) is 8.75. The average molecular weight is 346 g/mol. The number of amides is 1. The zero-order valence-corrected chi connectivity index (χ0v) is 14.0. The molecule has 0 saturated carbocycles. The second-order valence-electron chi connectivity index (χ2n) is 5.56. The molecule has 1 amide bonds. The van der Waals surface area contributed by atoms with Crippen LogP contribution in [0.25, 0.3) is 0 Å².